The van der Waals surface area contributed by atoms with E-state index in [2.05, 4.69) is 30.9 Å². The van der Waals surface area contributed by atoms with Gasteiger partial charge in [-0.2, -0.15) is 0 Å². The lowest BCUT2D eigenvalue weighted by molar-refractivity contribution is 1.30. The van der Waals surface area contributed by atoms with Crippen molar-refractivity contribution in [2.45, 2.75) is 0 Å². The lowest BCUT2D eigenvalue weighted by Crippen LogP contribution is -1.82. The van der Waals surface area contributed by atoms with Gasteiger partial charge in [-0.05, 0) is 30.3 Å². The van der Waals surface area contributed by atoms with Crippen molar-refractivity contribution < 1.29 is 0 Å². The molecular weight excluding hydrogens is 290 g/mol. The number of aromatic nitrogens is 2. The van der Waals surface area contributed by atoms with Crippen molar-refractivity contribution in [3.8, 4) is 0 Å². The molecule has 1 heterocycles. The molecule has 0 aliphatic rings. The fourth-order valence-electron chi connectivity index (χ4n) is 1.73. The summed E-state index contributed by atoms with van der Waals surface area (Å²) in [5.74, 6) is 0.760. The Morgan fingerprint density at radius 1 is 1.11 bits per heavy atom. The van der Waals surface area contributed by atoms with Gasteiger partial charge in [0.1, 0.15) is 5.82 Å². The number of benzene rings is 2. The molecule has 0 bridgehead atoms. The number of nitrogens with zero attached hydrogens (tertiary/aromatic N) is 2. The van der Waals surface area contributed by atoms with Gasteiger partial charge in [-0.1, -0.05) is 34.1 Å². The number of aromatic amines is 1. The fourth-order valence-corrected chi connectivity index (χ4v) is 2.11. The largest absolute Gasteiger partial charge is 0.337 e. The number of hydrogen-bond donors (Lipinski definition) is 1. The van der Waals surface area contributed by atoms with Crippen LogP contribution in [0.4, 0.5) is 5.69 Å². The van der Waals surface area contributed by atoms with Crippen molar-refractivity contribution in [1.29, 1.82) is 0 Å². The molecule has 18 heavy (non-hydrogen) atoms. The van der Waals surface area contributed by atoms with Gasteiger partial charge < -0.3 is 4.98 Å². The standard InChI is InChI=1S/C14H10BrN3/c15-10-4-3-5-11(8-10)16-9-14-17-12-6-1-2-7-13(12)18-14/h1-9H,(H,17,18). The molecule has 3 aromatic rings. The second kappa shape index (κ2) is 4.74. The molecule has 1 N–H and O–H groups in total. The summed E-state index contributed by atoms with van der Waals surface area (Å²) in [7, 11) is 0. The number of halogens is 1. The number of imidazole rings is 1. The van der Waals surface area contributed by atoms with E-state index >= 15 is 0 Å². The zero-order valence-corrected chi connectivity index (χ0v) is 11.1. The van der Waals surface area contributed by atoms with E-state index in [0.717, 1.165) is 27.0 Å². The molecule has 88 valence electrons. The van der Waals surface area contributed by atoms with Crippen molar-refractivity contribution in [3.05, 3.63) is 58.8 Å². The number of nitrogens with one attached hydrogen (secondary N) is 1. The summed E-state index contributed by atoms with van der Waals surface area (Å²) in [5, 5.41) is 0. The predicted molar refractivity (Wildman–Crippen MR) is 77.5 cm³/mol. The van der Waals surface area contributed by atoms with Gasteiger partial charge in [-0.25, -0.2) is 4.98 Å². The minimum Gasteiger partial charge on any atom is -0.337 e. The summed E-state index contributed by atoms with van der Waals surface area (Å²) >= 11 is 3.42. The SMILES string of the molecule is Brc1cccc(N=Cc2nc3ccccc3[nH]2)c1. The lowest BCUT2D eigenvalue weighted by atomic mass is 10.3. The van der Waals surface area contributed by atoms with Crippen LogP contribution in [-0.2, 0) is 0 Å². The third-order valence-corrected chi connectivity index (χ3v) is 3.05. The van der Waals surface area contributed by atoms with Crippen LogP contribution in [0.3, 0.4) is 0 Å². The fraction of sp³-hybridized carbons (Fsp3) is 0. The van der Waals surface area contributed by atoms with Crippen LogP contribution in [0, 0.1) is 0 Å². The maximum atomic E-state index is 4.43. The van der Waals surface area contributed by atoms with Crippen molar-refractivity contribution in [2.75, 3.05) is 0 Å². The molecule has 0 saturated heterocycles. The smallest absolute Gasteiger partial charge is 0.149 e. The van der Waals surface area contributed by atoms with E-state index < -0.39 is 0 Å². The van der Waals surface area contributed by atoms with Crippen molar-refractivity contribution in [2.24, 2.45) is 4.99 Å². The normalized spacial score (nSPS) is 11.4. The minimum absolute atomic E-state index is 0.760. The summed E-state index contributed by atoms with van der Waals surface area (Å²) in [5.41, 5.74) is 2.87. The first-order valence-corrected chi connectivity index (χ1v) is 6.35. The first-order chi connectivity index (χ1) is 8.81. The van der Waals surface area contributed by atoms with Crippen LogP contribution in [0.25, 0.3) is 11.0 Å². The van der Waals surface area contributed by atoms with E-state index in [1.54, 1.807) is 6.21 Å². The summed E-state index contributed by atoms with van der Waals surface area (Å²) < 4.78 is 1.02. The van der Waals surface area contributed by atoms with E-state index in [4.69, 9.17) is 0 Å². The molecular formula is C14H10BrN3. The Balaban J connectivity index is 1.92. The molecule has 3 rings (SSSR count). The van der Waals surface area contributed by atoms with E-state index in [9.17, 15) is 0 Å². The molecule has 2 aromatic carbocycles. The molecule has 0 fully saturated rings. The van der Waals surface area contributed by atoms with E-state index in [1.807, 2.05) is 48.5 Å². The summed E-state index contributed by atoms with van der Waals surface area (Å²) in [6, 6.07) is 15.8. The van der Waals surface area contributed by atoms with Crippen molar-refractivity contribution >= 4 is 38.9 Å². The van der Waals surface area contributed by atoms with Gasteiger partial charge in [-0.3, -0.25) is 4.99 Å². The Bertz CT molecular complexity index is 683. The molecule has 0 saturated carbocycles. The molecule has 1 aromatic heterocycles. The average Bonchev–Trinajstić information content (AvgIpc) is 2.79. The Morgan fingerprint density at radius 2 is 2.00 bits per heavy atom. The van der Waals surface area contributed by atoms with E-state index in [0.29, 0.717) is 0 Å². The highest BCUT2D eigenvalue weighted by atomic mass is 79.9. The Hall–Kier alpha value is -1.94. The van der Waals surface area contributed by atoms with Crippen molar-refractivity contribution in [3.63, 3.8) is 0 Å². The number of fused-ring (bicyclic) bond motifs is 1. The second-order valence-corrected chi connectivity index (χ2v) is 4.79. The zero-order chi connectivity index (χ0) is 12.4. The van der Waals surface area contributed by atoms with Gasteiger partial charge in [0.15, 0.2) is 0 Å². The number of rotatable bonds is 2. The third-order valence-electron chi connectivity index (χ3n) is 2.55. The molecule has 3 nitrogen and oxygen atoms in total. The van der Waals surface area contributed by atoms with Gasteiger partial charge in [0, 0.05) is 4.47 Å². The minimum atomic E-state index is 0.760. The monoisotopic (exact) mass is 299 g/mol. The molecule has 4 heteroatoms. The predicted octanol–water partition coefficient (Wildman–Crippen LogP) is 4.08. The first kappa shape index (κ1) is 11.2. The van der Waals surface area contributed by atoms with Crippen LogP contribution in [0.15, 0.2) is 58.0 Å². The highest BCUT2D eigenvalue weighted by Crippen LogP contribution is 2.18. The second-order valence-electron chi connectivity index (χ2n) is 3.88. The molecule has 0 aliphatic carbocycles. The molecule has 0 spiro atoms. The van der Waals surface area contributed by atoms with Crippen LogP contribution in [0.2, 0.25) is 0 Å². The van der Waals surface area contributed by atoms with Crippen molar-refractivity contribution in [1.82, 2.24) is 9.97 Å². The van der Waals surface area contributed by atoms with Crippen LogP contribution in [0.5, 0.6) is 0 Å². The molecule has 0 atom stereocenters. The molecule has 0 unspecified atom stereocenters. The highest BCUT2D eigenvalue weighted by Gasteiger charge is 1.98. The van der Waals surface area contributed by atoms with Gasteiger partial charge in [0.05, 0.1) is 22.9 Å². The number of para-hydroxylation sites is 2. The Labute approximate surface area is 113 Å². The summed E-state index contributed by atoms with van der Waals surface area (Å²) in [6.45, 7) is 0. The van der Waals surface area contributed by atoms with Gasteiger partial charge in [-0.15, -0.1) is 0 Å². The van der Waals surface area contributed by atoms with Crippen LogP contribution >= 0.6 is 15.9 Å². The van der Waals surface area contributed by atoms with Crippen LogP contribution in [-0.4, -0.2) is 16.2 Å². The summed E-state index contributed by atoms with van der Waals surface area (Å²) in [6.07, 6.45) is 1.74. The molecule has 0 radical (unpaired) electrons. The average molecular weight is 300 g/mol. The third kappa shape index (κ3) is 2.33. The molecule has 0 amide bonds. The van der Waals surface area contributed by atoms with E-state index in [1.165, 1.54) is 0 Å². The lowest BCUT2D eigenvalue weighted by Gasteiger charge is -1.92. The number of aliphatic imine (C=N–C) groups is 1. The quantitative estimate of drug-likeness (QED) is 0.712. The summed E-state index contributed by atoms with van der Waals surface area (Å²) in [4.78, 5) is 12.0. The Kier molecular flexibility index (Phi) is 2.94. The van der Waals surface area contributed by atoms with Crippen LogP contribution < -0.4 is 0 Å². The molecule has 0 aliphatic heterocycles. The van der Waals surface area contributed by atoms with Gasteiger partial charge >= 0.3 is 0 Å². The topological polar surface area (TPSA) is 41.0 Å². The highest BCUT2D eigenvalue weighted by molar-refractivity contribution is 9.10. The first-order valence-electron chi connectivity index (χ1n) is 5.56. The number of hydrogen-bond acceptors (Lipinski definition) is 2. The zero-order valence-electron chi connectivity index (χ0n) is 9.47. The van der Waals surface area contributed by atoms with Crippen LogP contribution in [0.1, 0.15) is 5.82 Å². The van der Waals surface area contributed by atoms with Gasteiger partial charge in [0.2, 0.25) is 0 Å². The number of H-pyrrole nitrogens is 1. The maximum Gasteiger partial charge on any atom is 0.149 e. The maximum absolute atomic E-state index is 4.43. The van der Waals surface area contributed by atoms with E-state index in [-0.39, 0.29) is 0 Å². The van der Waals surface area contributed by atoms with Gasteiger partial charge in [0.25, 0.3) is 0 Å². The Morgan fingerprint density at radius 3 is 2.83 bits per heavy atom.